The fourth-order valence-corrected chi connectivity index (χ4v) is 4.65. The third kappa shape index (κ3) is 4.38. The Morgan fingerprint density at radius 3 is 2.35 bits per heavy atom. The van der Waals surface area contributed by atoms with Gasteiger partial charge in [0.2, 0.25) is 15.9 Å². The summed E-state index contributed by atoms with van der Waals surface area (Å²) in [5.41, 5.74) is 1.49. The molecule has 1 aromatic rings. The molecule has 0 spiro atoms. The molecule has 0 saturated carbocycles. The van der Waals surface area contributed by atoms with Gasteiger partial charge >= 0.3 is 0 Å². The molecule has 7 heteroatoms. The lowest BCUT2D eigenvalue weighted by atomic mass is 10.1. The number of rotatable bonds is 8. The molecular weight excluding hydrogens is 350 g/mol. The Kier molecular flexibility index (Phi) is 7.06. The van der Waals surface area contributed by atoms with Crippen LogP contribution in [0.3, 0.4) is 0 Å². The first-order chi connectivity index (χ1) is 12.3. The van der Waals surface area contributed by atoms with Crippen molar-refractivity contribution in [2.24, 2.45) is 5.92 Å². The van der Waals surface area contributed by atoms with Gasteiger partial charge < -0.3 is 10.2 Å². The van der Waals surface area contributed by atoms with Crippen molar-refractivity contribution in [2.45, 2.75) is 51.9 Å². The lowest BCUT2D eigenvalue weighted by Crippen LogP contribution is -2.31. The Labute approximate surface area is 157 Å². The average Bonchev–Trinajstić information content (AvgIpc) is 3.16. The maximum Gasteiger partial charge on any atom is 0.243 e. The summed E-state index contributed by atoms with van der Waals surface area (Å²) in [4.78, 5) is 14.9. The van der Waals surface area contributed by atoms with E-state index in [1.807, 2.05) is 33.8 Å². The van der Waals surface area contributed by atoms with E-state index in [0.717, 1.165) is 38.0 Å². The predicted molar refractivity (Wildman–Crippen MR) is 106 cm³/mol. The zero-order valence-corrected chi connectivity index (χ0v) is 17.1. The molecule has 2 rings (SSSR count). The third-order valence-corrected chi connectivity index (χ3v) is 7.12. The van der Waals surface area contributed by atoms with Crippen LogP contribution in [0.1, 0.15) is 47.0 Å². The molecule has 1 saturated heterocycles. The quantitative estimate of drug-likeness (QED) is 0.750. The van der Waals surface area contributed by atoms with Crippen LogP contribution < -0.4 is 10.2 Å². The second kappa shape index (κ2) is 8.86. The van der Waals surface area contributed by atoms with Crippen molar-refractivity contribution in [2.75, 3.05) is 36.4 Å². The second-order valence-corrected chi connectivity index (χ2v) is 8.70. The van der Waals surface area contributed by atoms with Gasteiger partial charge in [0, 0.05) is 32.1 Å². The van der Waals surface area contributed by atoms with E-state index in [1.165, 1.54) is 4.31 Å². The molecule has 1 amide bonds. The summed E-state index contributed by atoms with van der Waals surface area (Å²) in [5.74, 6) is -0.199. The van der Waals surface area contributed by atoms with Gasteiger partial charge in [0.15, 0.2) is 0 Å². The SMILES string of the molecule is CCC(C)C(=O)Nc1cc(S(=O)(=O)N(CC)CC)ccc1N1CCCC1. The van der Waals surface area contributed by atoms with Gasteiger partial charge in [-0.25, -0.2) is 8.42 Å². The number of sulfonamides is 1. The molecule has 0 radical (unpaired) electrons. The Bertz CT molecular complexity index is 724. The number of amides is 1. The number of carbonyl (C=O) groups excluding carboxylic acids is 1. The summed E-state index contributed by atoms with van der Waals surface area (Å²) < 4.78 is 27.1. The van der Waals surface area contributed by atoms with Crippen LogP contribution in [0.2, 0.25) is 0 Å². The molecule has 1 heterocycles. The van der Waals surface area contributed by atoms with Crippen molar-refractivity contribution in [1.82, 2.24) is 4.31 Å². The molecule has 26 heavy (non-hydrogen) atoms. The van der Waals surface area contributed by atoms with Crippen LogP contribution in [-0.2, 0) is 14.8 Å². The van der Waals surface area contributed by atoms with E-state index in [4.69, 9.17) is 0 Å². The van der Waals surface area contributed by atoms with Crippen LogP contribution in [0, 0.1) is 5.92 Å². The maximum absolute atomic E-state index is 12.9. The van der Waals surface area contributed by atoms with Crippen LogP contribution in [0.5, 0.6) is 0 Å². The molecule has 1 fully saturated rings. The molecule has 1 atom stereocenters. The molecule has 1 aliphatic rings. The van der Waals surface area contributed by atoms with Crippen LogP contribution in [0.25, 0.3) is 0 Å². The van der Waals surface area contributed by atoms with Crippen LogP contribution in [0.4, 0.5) is 11.4 Å². The van der Waals surface area contributed by atoms with Crippen LogP contribution in [0.15, 0.2) is 23.1 Å². The maximum atomic E-state index is 12.9. The molecule has 6 nitrogen and oxygen atoms in total. The number of benzene rings is 1. The van der Waals surface area contributed by atoms with Crippen molar-refractivity contribution in [3.8, 4) is 0 Å². The summed E-state index contributed by atoms with van der Waals surface area (Å²) in [6.45, 7) is 10.2. The highest BCUT2D eigenvalue weighted by Crippen LogP contribution is 2.32. The highest BCUT2D eigenvalue weighted by atomic mass is 32.2. The fourth-order valence-electron chi connectivity index (χ4n) is 3.16. The van der Waals surface area contributed by atoms with E-state index in [2.05, 4.69) is 10.2 Å². The molecular formula is C19H31N3O3S. The molecule has 1 aromatic carbocycles. The minimum absolute atomic E-state index is 0.0784. The lowest BCUT2D eigenvalue weighted by molar-refractivity contribution is -0.119. The van der Waals surface area contributed by atoms with Gasteiger partial charge in [0.1, 0.15) is 0 Å². The first kappa shape index (κ1) is 20.7. The van der Waals surface area contributed by atoms with E-state index in [9.17, 15) is 13.2 Å². The van der Waals surface area contributed by atoms with Gasteiger partial charge in [-0.05, 0) is 37.5 Å². The van der Waals surface area contributed by atoms with Crippen molar-refractivity contribution < 1.29 is 13.2 Å². The van der Waals surface area contributed by atoms with E-state index in [1.54, 1.807) is 12.1 Å². The highest BCUT2D eigenvalue weighted by molar-refractivity contribution is 7.89. The van der Waals surface area contributed by atoms with Gasteiger partial charge in [-0.3, -0.25) is 4.79 Å². The summed E-state index contributed by atoms with van der Waals surface area (Å²) in [5, 5.41) is 2.96. The molecule has 1 unspecified atom stereocenters. The number of hydrogen-bond acceptors (Lipinski definition) is 4. The van der Waals surface area contributed by atoms with Crippen molar-refractivity contribution in [1.29, 1.82) is 0 Å². The Morgan fingerprint density at radius 2 is 1.81 bits per heavy atom. The molecule has 1 aliphatic heterocycles. The molecule has 1 N–H and O–H groups in total. The summed E-state index contributed by atoms with van der Waals surface area (Å²) in [7, 11) is -3.56. The summed E-state index contributed by atoms with van der Waals surface area (Å²) in [6.07, 6.45) is 2.96. The lowest BCUT2D eigenvalue weighted by Gasteiger charge is -2.24. The van der Waals surface area contributed by atoms with Gasteiger partial charge in [-0.1, -0.05) is 27.7 Å². The molecule has 0 aliphatic carbocycles. The molecule has 0 bridgehead atoms. The number of anilines is 2. The second-order valence-electron chi connectivity index (χ2n) is 6.76. The third-order valence-electron chi connectivity index (χ3n) is 5.08. The minimum atomic E-state index is -3.56. The van der Waals surface area contributed by atoms with E-state index < -0.39 is 10.0 Å². The molecule has 0 aromatic heterocycles. The van der Waals surface area contributed by atoms with Gasteiger partial charge in [-0.2, -0.15) is 4.31 Å². The van der Waals surface area contributed by atoms with Gasteiger partial charge in [0.25, 0.3) is 0 Å². The predicted octanol–water partition coefficient (Wildman–Crippen LogP) is 3.30. The summed E-state index contributed by atoms with van der Waals surface area (Å²) in [6, 6.07) is 5.09. The van der Waals surface area contributed by atoms with Gasteiger partial charge in [0.05, 0.1) is 16.3 Å². The zero-order valence-electron chi connectivity index (χ0n) is 16.3. The van der Waals surface area contributed by atoms with Crippen molar-refractivity contribution >= 4 is 27.3 Å². The number of carbonyl (C=O) groups is 1. The van der Waals surface area contributed by atoms with Gasteiger partial charge in [-0.15, -0.1) is 0 Å². The highest BCUT2D eigenvalue weighted by Gasteiger charge is 2.25. The number of hydrogen-bond donors (Lipinski definition) is 1. The fraction of sp³-hybridized carbons (Fsp3) is 0.632. The number of nitrogens with zero attached hydrogens (tertiary/aromatic N) is 2. The first-order valence-electron chi connectivity index (χ1n) is 9.55. The van der Waals surface area contributed by atoms with E-state index in [-0.39, 0.29) is 16.7 Å². The standard InChI is InChI=1S/C19H31N3O3S/c1-5-15(4)19(23)20-17-14-16(26(24,25)22(6-2)7-3)10-11-18(17)21-12-8-9-13-21/h10-11,14-15H,5-9,12-13H2,1-4H3,(H,20,23). The van der Waals surface area contributed by atoms with Crippen molar-refractivity contribution in [3.05, 3.63) is 18.2 Å². The Morgan fingerprint density at radius 1 is 1.19 bits per heavy atom. The first-order valence-corrected chi connectivity index (χ1v) is 11.0. The minimum Gasteiger partial charge on any atom is -0.370 e. The Balaban J connectivity index is 2.44. The molecule has 146 valence electrons. The topological polar surface area (TPSA) is 69.7 Å². The van der Waals surface area contributed by atoms with Crippen LogP contribution in [-0.4, -0.2) is 44.8 Å². The normalized spacial score (nSPS) is 16.1. The van der Waals surface area contributed by atoms with E-state index >= 15 is 0 Å². The van der Waals surface area contributed by atoms with Crippen LogP contribution >= 0.6 is 0 Å². The number of nitrogens with one attached hydrogen (secondary N) is 1. The zero-order chi connectivity index (χ0) is 19.3. The van der Waals surface area contributed by atoms with E-state index in [0.29, 0.717) is 18.8 Å². The monoisotopic (exact) mass is 381 g/mol. The Hall–Kier alpha value is -1.60. The summed E-state index contributed by atoms with van der Waals surface area (Å²) >= 11 is 0. The largest absolute Gasteiger partial charge is 0.370 e. The van der Waals surface area contributed by atoms with Crippen molar-refractivity contribution in [3.63, 3.8) is 0 Å². The smallest absolute Gasteiger partial charge is 0.243 e. The average molecular weight is 382 g/mol.